The summed E-state index contributed by atoms with van der Waals surface area (Å²) >= 11 is 5.96. The van der Waals surface area contributed by atoms with Crippen molar-refractivity contribution in [1.82, 2.24) is 0 Å². The fourth-order valence-corrected chi connectivity index (χ4v) is 2.10. The first-order valence-corrected chi connectivity index (χ1v) is 6.63. The average molecular weight is 301 g/mol. The van der Waals surface area contributed by atoms with Gasteiger partial charge < -0.3 is 10.1 Å². The van der Waals surface area contributed by atoms with Crippen molar-refractivity contribution in [3.8, 4) is 6.07 Å². The molecule has 0 spiro atoms. The molecule has 2 aromatic rings. The highest BCUT2D eigenvalue weighted by molar-refractivity contribution is 6.31. The SMILES string of the molecule is COC(=O)c1ccc(Cl)cc1NCc1ccccc1C#N. The first-order valence-electron chi connectivity index (χ1n) is 6.25. The van der Waals surface area contributed by atoms with Crippen molar-refractivity contribution < 1.29 is 9.53 Å². The number of halogens is 1. The predicted molar refractivity (Wildman–Crippen MR) is 81.3 cm³/mol. The maximum Gasteiger partial charge on any atom is 0.339 e. The molecule has 2 aromatic carbocycles. The number of rotatable bonds is 4. The van der Waals surface area contributed by atoms with Crippen LogP contribution in [0, 0.1) is 11.3 Å². The summed E-state index contributed by atoms with van der Waals surface area (Å²) in [5, 5.41) is 12.7. The number of carbonyl (C=O) groups is 1. The van der Waals surface area contributed by atoms with Gasteiger partial charge in [-0.1, -0.05) is 29.8 Å². The van der Waals surface area contributed by atoms with Crippen LogP contribution < -0.4 is 5.32 Å². The van der Waals surface area contributed by atoms with Gasteiger partial charge in [-0.05, 0) is 29.8 Å². The van der Waals surface area contributed by atoms with Gasteiger partial charge in [0.2, 0.25) is 0 Å². The van der Waals surface area contributed by atoms with Crippen LogP contribution in [0.3, 0.4) is 0 Å². The number of methoxy groups -OCH3 is 1. The summed E-state index contributed by atoms with van der Waals surface area (Å²) in [6, 6.07) is 14.3. The second-order valence-corrected chi connectivity index (χ2v) is 4.74. The lowest BCUT2D eigenvalue weighted by molar-refractivity contribution is 0.0602. The summed E-state index contributed by atoms with van der Waals surface area (Å²) in [6.45, 7) is 0.411. The molecule has 0 aliphatic heterocycles. The minimum atomic E-state index is -0.442. The molecule has 1 N–H and O–H groups in total. The standard InChI is InChI=1S/C16H13ClN2O2/c1-21-16(20)14-7-6-13(17)8-15(14)19-10-12-5-3-2-4-11(12)9-18/h2-8,19H,10H2,1H3. The van der Waals surface area contributed by atoms with Crippen LogP contribution in [0.15, 0.2) is 42.5 Å². The van der Waals surface area contributed by atoms with Gasteiger partial charge in [-0.2, -0.15) is 5.26 Å². The van der Waals surface area contributed by atoms with Gasteiger partial charge in [0.15, 0.2) is 0 Å². The summed E-state index contributed by atoms with van der Waals surface area (Å²) in [7, 11) is 1.33. The average Bonchev–Trinajstić information content (AvgIpc) is 2.52. The molecule has 21 heavy (non-hydrogen) atoms. The monoisotopic (exact) mass is 300 g/mol. The van der Waals surface area contributed by atoms with Crippen LogP contribution in [0.1, 0.15) is 21.5 Å². The number of nitrogens with one attached hydrogen (secondary N) is 1. The number of nitrogens with zero attached hydrogens (tertiary/aromatic N) is 1. The molecule has 0 amide bonds. The molecule has 0 aromatic heterocycles. The summed E-state index contributed by atoms with van der Waals surface area (Å²) in [5.74, 6) is -0.442. The van der Waals surface area contributed by atoms with Crippen molar-refractivity contribution in [1.29, 1.82) is 5.26 Å². The molecular weight excluding hydrogens is 288 g/mol. The lowest BCUT2D eigenvalue weighted by Gasteiger charge is -2.12. The van der Waals surface area contributed by atoms with E-state index in [0.29, 0.717) is 28.4 Å². The molecular formula is C16H13ClN2O2. The Hall–Kier alpha value is -2.51. The van der Waals surface area contributed by atoms with Gasteiger partial charge in [0.25, 0.3) is 0 Å². The van der Waals surface area contributed by atoms with E-state index in [-0.39, 0.29) is 0 Å². The fraction of sp³-hybridized carbons (Fsp3) is 0.125. The van der Waals surface area contributed by atoms with Crippen LogP contribution >= 0.6 is 11.6 Å². The van der Waals surface area contributed by atoms with Crippen LogP contribution in [0.4, 0.5) is 5.69 Å². The molecule has 0 saturated carbocycles. The number of anilines is 1. The number of benzene rings is 2. The number of ether oxygens (including phenoxy) is 1. The van der Waals surface area contributed by atoms with Gasteiger partial charge in [-0.3, -0.25) is 0 Å². The second kappa shape index (κ2) is 6.78. The van der Waals surface area contributed by atoms with Crippen molar-refractivity contribution in [2.24, 2.45) is 0 Å². The van der Waals surface area contributed by atoms with Crippen molar-refractivity contribution in [3.05, 3.63) is 64.2 Å². The molecule has 4 nitrogen and oxygen atoms in total. The van der Waals surface area contributed by atoms with Crippen molar-refractivity contribution in [3.63, 3.8) is 0 Å². The Kier molecular flexibility index (Phi) is 4.81. The van der Waals surface area contributed by atoms with Crippen LogP contribution in [0.5, 0.6) is 0 Å². The Morgan fingerprint density at radius 3 is 2.81 bits per heavy atom. The highest BCUT2D eigenvalue weighted by Gasteiger charge is 2.12. The largest absolute Gasteiger partial charge is 0.465 e. The quantitative estimate of drug-likeness (QED) is 0.876. The predicted octanol–water partition coefficient (Wildman–Crippen LogP) is 3.61. The topological polar surface area (TPSA) is 62.1 Å². The van der Waals surface area contributed by atoms with Gasteiger partial charge >= 0.3 is 5.97 Å². The summed E-state index contributed by atoms with van der Waals surface area (Å²) in [5.41, 5.74) is 2.40. The fourth-order valence-electron chi connectivity index (χ4n) is 1.92. The highest BCUT2D eigenvalue weighted by Crippen LogP contribution is 2.23. The van der Waals surface area contributed by atoms with Crippen LogP contribution in [0.2, 0.25) is 5.02 Å². The number of carbonyl (C=O) groups excluding carboxylic acids is 1. The molecule has 5 heteroatoms. The normalized spacial score (nSPS) is 9.76. The Balaban J connectivity index is 2.26. The van der Waals surface area contributed by atoms with Gasteiger partial charge in [-0.25, -0.2) is 4.79 Å². The minimum absolute atomic E-state index is 0.399. The summed E-state index contributed by atoms with van der Waals surface area (Å²) in [4.78, 5) is 11.7. The number of hydrogen-bond acceptors (Lipinski definition) is 4. The van der Waals surface area contributed by atoms with E-state index in [1.807, 2.05) is 12.1 Å². The van der Waals surface area contributed by atoms with Gasteiger partial charge in [-0.15, -0.1) is 0 Å². The smallest absolute Gasteiger partial charge is 0.339 e. The maximum atomic E-state index is 11.7. The van der Waals surface area contributed by atoms with E-state index in [9.17, 15) is 4.79 Å². The summed E-state index contributed by atoms with van der Waals surface area (Å²) < 4.78 is 4.74. The third-order valence-electron chi connectivity index (χ3n) is 2.99. The molecule has 0 heterocycles. The Labute approximate surface area is 127 Å². The van der Waals surface area contributed by atoms with Gasteiger partial charge in [0.05, 0.1) is 30.0 Å². The first-order chi connectivity index (χ1) is 10.2. The van der Waals surface area contributed by atoms with Gasteiger partial charge in [0, 0.05) is 11.6 Å². The van der Waals surface area contributed by atoms with E-state index in [0.717, 1.165) is 5.56 Å². The maximum absolute atomic E-state index is 11.7. The van der Waals surface area contributed by atoms with E-state index in [1.165, 1.54) is 7.11 Å². The van der Waals surface area contributed by atoms with E-state index >= 15 is 0 Å². The zero-order valence-electron chi connectivity index (χ0n) is 11.4. The third kappa shape index (κ3) is 3.53. The lowest BCUT2D eigenvalue weighted by Crippen LogP contribution is -2.09. The highest BCUT2D eigenvalue weighted by atomic mass is 35.5. The van der Waals surface area contributed by atoms with E-state index < -0.39 is 5.97 Å². The van der Waals surface area contributed by atoms with Crippen molar-refractivity contribution in [2.45, 2.75) is 6.54 Å². The molecule has 0 aliphatic rings. The zero-order valence-corrected chi connectivity index (χ0v) is 12.1. The molecule has 0 radical (unpaired) electrons. The molecule has 106 valence electrons. The first kappa shape index (κ1) is 14.9. The molecule has 0 aliphatic carbocycles. The molecule has 0 unspecified atom stereocenters. The third-order valence-corrected chi connectivity index (χ3v) is 3.23. The van der Waals surface area contributed by atoms with Crippen LogP contribution in [-0.2, 0) is 11.3 Å². The van der Waals surface area contributed by atoms with Crippen molar-refractivity contribution in [2.75, 3.05) is 12.4 Å². The van der Waals surface area contributed by atoms with Gasteiger partial charge in [0.1, 0.15) is 0 Å². The summed E-state index contributed by atoms with van der Waals surface area (Å²) in [6.07, 6.45) is 0. The molecule has 0 saturated heterocycles. The van der Waals surface area contributed by atoms with E-state index in [1.54, 1.807) is 30.3 Å². The van der Waals surface area contributed by atoms with E-state index in [2.05, 4.69) is 11.4 Å². The number of esters is 1. The Bertz CT molecular complexity index is 708. The molecule has 2 rings (SSSR count). The number of nitriles is 1. The number of hydrogen-bond donors (Lipinski definition) is 1. The second-order valence-electron chi connectivity index (χ2n) is 4.30. The Morgan fingerprint density at radius 2 is 2.10 bits per heavy atom. The zero-order chi connectivity index (χ0) is 15.2. The lowest BCUT2D eigenvalue weighted by atomic mass is 10.1. The molecule has 0 atom stereocenters. The van der Waals surface area contributed by atoms with Crippen LogP contribution in [0.25, 0.3) is 0 Å². The van der Waals surface area contributed by atoms with Crippen molar-refractivity contribution >= 4 is 23.3 Å². The minimum Gasteiger partial charge on any atom is -0.465 e. The van der Waals surface area contributed by atoms with Crippen LogP contribution in [-0.4, -0.2) is 13.1 Å². The molecule has 0 fully saturated rings. The van der Waals surface area contributed by atoms with E-state index in [4.69, 9.17) is 21.6 Å². The Morgan fingerprint density at radius 1 is 1.33 bits per heavy atom. The molecule has 0 bridgehead atoms.